The Balaban J connectivity index is 2.48. The average molecular weight is 274 g/mol. The topological polar surface area (TPSA) is 26.3 Å². The van der Waals surface area contributed by atoms with Crippen LogP contribution in [0.15, 0.2) is 36.4 Å². The van der Waals surface area contributed by atoms with E-state index in [1.54, 1.807) is 0 Å². The lowest BCUT2D eigenvalue weighted by Gasteiger charge is -2.14. The van der Waals surface area contributed by atoms with Gasteiger partial charge in [-0.3, -0.25) is 0 Å². The fourth-order valence-electron chi connectivity index (χ4n) is 2.18. The molecule has 20 heavy (non-hydrogen) atoms. The van der Waals surface area contributed by atoms with Crippen LogP contribution in [-0.4, -0.2) is 12.1 Å². The van der Waals surface area contributed by atoms with Crippen molar-refractivity contribution in [1.82, 2.24) is 0 Å². The van der Waals surface area contributed by atoms with Gasteiger partial charge in [-0.15, -0.1) is 0 Å². The standard InChI is InChI=1S/C18H26O2/c1-4-6-7-9-12-15(3)20-18(19)17(5-2)16-13-10-8-11-14-16/h5,8,10-11,13-15H,4,6-7,9,12H2,1-3H3. The number of unbranched alkanes of at least 4 members (excludes halogenated alkanes) is 3. The number of carbonyl (C=O) groups excluding carboxylic acids is 1. The quantitative estimate of drug-likeness (QED) is 0.379. The van der Waals surface area contributed by atoms with Gasteiger partial charge >= 0.3 is 5.97 Å². The van der Waals surface area contributed by atoms with E-state index in [9.17, 15) is 4.79 Å². The minimum atomic E-state index is -0.221. The van der Waals surface area contributed by atoms with Gasteiger partial charge in [0.25, 0.3) is 0 Å². The molecule has 2 heteroatoms. The number of esters is 1. The van der Waals surface area contributed by atoms with Crippen molar-refractivity contribution in [3.63, 3.8) is 0 Å². The predicted octanol–water partition coefficient (Wildman–Crippen LogP) is 4.99. The van der Waals surface area contributed by atoms with Crippen LogP contribution in [0.25, 0.3) is 5.57 Å². The molecule has 0 saturated carbocycles. The summed E-state index contributed by atoms with van der Waals surface area (Å²) in [6, 6.07) is 9.67. The molecule has 1 unspecified atom stereocenters. The van der Waals surface area contributed by atoms with Crippen molar-refractivity contribution in [3.8, 4) is 0 Å². The highest BCUT2D eigenvalue weighted by Gasteiger charge is 2.15. The summed E-state index contributed by atoms with van der Waals surface area (Å²) in [6.07, 6.45) is 7.57. The summed E-state index contributed by atoms with van der Waals surface area (Å²) in [4.78, 5) is 12.2. The number of ether oxygens (including phenoxy) is 1. The van der Waals surface area contributed by atoms with Gasteiger partial charge in [0, 0.05) is 0 Å². The Morgan fingerprint density at radius 2 is 1.90 bits per heavy atom. The van der Waals surface area contributed by atoms with Gasteiger partial charge in [0.15, 0.2) is 0 Å². The number of hydrogen-bond acceptors (Lipinski definition) is 2. The maximum atomic E-state index is 12.2. The van der Waals surface area contributed by atoms with Crippen LogP contribution in [0.2, 0.25) is 0 Å². The van der Waals surface area contributed by atoms with Gasteiger partial charge in [0.1, 0.15) is 0 Å². The lowest BCUT2D eigenvalue weighted by atomic mass is 10.1. The summed E-state index contributed by atoms with van der Waals surface area (Å²) in [7, 11) is 0. The number of allylic oxidation sites excluding steroid dienone is 1. The Morgan fingerprint density at radius 1 is 1.20 bits per heavy atom. The largest absolute Gasteiger partial charge is 0.459 e. The molecule has 0 aliphatic carbocycles. The van der Waals surface area contributed by atoms with Gasteiger partial charge in [0.2, 0.25) is 0 Å². The fraction of sp³-hybridized carbons (Fsp3) is 0.500. The van der Waals surface area contributed by atoms with Crippen molar-refractivity contribution < 1.29 is 9.53 Å². The highest BCUT2D eigenvalue weighted by Crippen LogP contribution is 2.17. The van der Waals surface area contributed by atoms with E-state index in [0.717, 1.165) is 18.4 Å². The smallest absolute Gasteiger partial charge is 0.338 e. The second kappa shape index (κ2) is 9.35. The molecule has 0 aliphatic rings. The van der Waals surface area contributed by atoms with E-state index in [2.05, 4.69) is 6.92 Å². The van der Waals surface area contributed by atoms with E-state index >= 15 is 0 Å². The lowest BCUT2D eigenvalue weighted by molar-refractivity contribution is -0.141. The molecule has 0 amide bonds. The van der Waals surface area contributed by atoms with Crippen LogP contribution in [0.3, 0.4) is 0 Å². The first kappa shape index (κ1) is 16.5. The van der Waals surface area contributed by atoms with Crippen molar-refractivity contribution in [1.29, 1.82) is 0 Å². The van der Waals surface area contributed by atoms with Crippen LogP contribution in [-0.2, 0) is 9.53 Å². The van der Waals surface area contributed by atoms with E-state index in [1.165, 1.54) is 19.3 Å². The highest BCUT2D eigenvalue weighted by molar-refractivity contribution is 6.16. The Labute approximate surface area is 122 Å². The van der Waals surface area contributed by atoms with Crippen LogP contribution in [0.1, 0.15) is 58.4 Å². The van der Waals surface area contributed by atoms with Gasteiger partial charge in [0.05, 0.1) is 11.7 Å². The zero-order valence-electron chi connectivity index (χ0n) is 12.9. The molecular formula is C18H26O2. The molecule has 0 heterocycles. The van der Waals surface area contributed by atoms with Crippen LogP contribution in [0, 0.1) is 0 Å². The zero-order chi connectivity index (χ0) is 14.8. The van der Waals surface area contributed by atoms with Crippen molar-refractivity contribution in [2.45, 2.75) is 59.0 Å². The first-order valence-corrected chi connectivity index (χ1v) is 7.61. The second-order valence-electron chi connectivity index (χ2n) is 5.13. The summed E-state index contributed by atoms with van der Waals surface area (Å²) in [5.41, 5.74) is 1.56. The third-order valence-electron chi connectivity index (χ3n) is 3.37. The maximum absolute atomic E-state index is 12.2. The zero-order valence-corrected chi connectivity index (χ0v) is 12.9. The molecule has 1 atom stereocenters. The minimum Gasteiger partial charge on any atom is -0.459 e. The van der Waals surface area contributed by atoms with Crippen LogP contribution < -0.4 is 0 Å². The van der Waals surface area contributed by atoms with Crippen LogP contribution in [0.4, 0.5) is 0 Å². The Kier molecular flexibility index (Phi) is 7.71. The van der Waals surface area contributed by atoms with Gasteiger partial charge in [-0.05, 0) is 32.3 Å². The molecular weight excluding hydrogens is 248 g/mol. The second-order valence-corrected chi connectivity index (χ2v) is 5.13. The first-order valence-electron chi connectivity index (χ1n) is 7.61. The van der Waals surface area contributed by atoms with Gasteiger partial charge in [-0.2, -0.15) is 0 Å². The number of carbonyl (C=O) groups is 1. The minimum absolute atomic E-state index is 0.0157. The molecule has 0 saturated heterocycles. The molecule has 110 valence electrons. The molecule has 0 aliphatic heterocycles. The monoisotopic (exact) mass is 274 g/mol. The summed E-state index contributed by atoms with van der Waals surface area (Å²) in [5, 5.41) is 0. The molecule has 1 aromatic carbocycles. The average Bonchev–Trinajstić information content (AvgIpc) is 2.45. The summed E-state index contributed by atoms with van der Waals surface area (Å²) >= 11 is 0. The molecule has 0 N–H and O–H groups in total. The first-order chi connectivity index (χ1) is 9.69. The van der Waals surface area contributed by atoms with Gasteiger partial charge < -0.3 is 4.74 Å². The van der Waals surface area contributed by atoms with Crippen LogP contribution >= 0.6 is 0 Å². The Bertz CT molecular complexity index is 420. The van der Waals surface area contributed by atoms with E-state index in [1.807, 2.05) is 50.3 Å². The number of benzene rings is 1. The van der Waals surface area contributed by atoms with E-state index in [0.29, 0.717) is 5.57 Å². The third-order valence-corrected chi connectivity index (χ3v) is 3.37. The fourth-order valence-corrected chi connectivity index (χ4v) is 2.18. The van der Waals surface area contributed by atoms with Crippen molar-refractivity contribution in [2.75, 3.05) is 0 Å². The SMILES string of the molecule is CC=C(C(=O)OC(C)CCCCCC)c1ccccc1. The summed E-state index contributed by atoms with van der Waals surface area (Å²) in [5.74, 6) is -0.221. The maximum Gasteiger partial charge on any atom is 0.338 e. The van der Waals surface area contributed by atoms with Gasteiger partial charge in [-0.25, -0.2) is 4.79 Å². The molecule has 1 rings (SSSR count). The molecule has 0 spiro atoms. The van der Waals surface area contributed by atoms with E-state index in [-0.39, 0.29) is 12.1 Å². The van der Waals surface area contributed by atoms with Crippen LogP contribution in [0.5, 0.6) is 0 Å². The van der Waals surface area contributed by atoms with Crippen molar-refractivity contribution >= 4 is 11.5 Å². The normalized spacial score (nSPS) is 13.1. The molecule has 0 radical (unpaired) electrons. The number of rotatable bonds is 8. The highest BCUT2D eigenvalue weighted by atomic mass is 16.5. The van der Waals surface area contributed by atoms with Gasteiger partial charge in [-0.1, -0.05) is 62.6 Å². The lowest BCUT2D eigenvalue weighted by Crippen LogP contribution is -2.16. The molecule has 0 fully saturated rings. The molecule has 0 aromatic heterocycles. The molecule has 0 bridgehead atoms. The Morgan fingerprint density at radius 3 is 2.50 bits per heavy atom. The third kappa shape index (κ3) is 5.60. The summed E-state index contributed by atoms with van der Waals surface area (Å²) < 4.78 is 5.53. The van der Waals surface area contributed by atoms with E-state index < -0.39 is 0 Å². The summed E-state index contributed by atoms with van der Waals surface area (Å²) in [6.45, 7) is 6.04. The molecule has 1 aromatic rings. The van der Waals surface area contributed by atoms with Crippen molar-refractivity contribution in [3.05, 3.63) is 42.0 Å². The predicted molar refractivity (Wildman–Crippen MR) is 84.4 cm³/mol. The molecule has 2 nitrogen and oxygen atoms in total. The Hall–Kier alpha value is -1.57. The number of hydrogen-bond donors (Lipinski definition) is 0. The van der Waals surface area contributed by atoms with Crippen molar-refractivity contribution in [2.24, 2.45) is 0 Å². The van der Waals surface area contributed by atoms with E-state index in [4.69, 9.17) is 4.74 Å².